The van der Waals surface area contributed by atoms with E-state index in [4.69, 9.17) is 10.5 Å². The van der Waals surface area contributed by atoms with Gasteiger partial charge in [0.2, 0.25) is 0 Å². The van der Waals surface area contributed by atoms with E-state index in [0.717, 1.165) is 5.56 Å². The van der Waals surface area contributed by atoms with Crippen LogP contribution in [0.1, 0.15) is 24.6 Å². The van der Waals surface area contributed by atoms with Crippen molar-refractivity contribution in [2.24, 2.45) is 0 Å². The Morgan fingerprint density at radius 3 is 2.76 bits per heavy atom. The van der Waals surface area contributed by atoms with E-state index in [-0.39, 0.29) is 13.0 Å². The van der Waals surface area contributed by atoms with Crippen molar-refractivity contribution >= 4 is 5.69 Å². The topological polar surface area (TPSA) is 91.5 Å². The number of nitrogens with two attached hydrogens (primary N) is 1. The smallest absolute Gasteiger partial charge is 0.122 e. The van der Waals surface area contributed by atoms with E-state index < -0.39 is 5.60 Å². The van der Waals surface area contributed by atoms with Crippen LogP contribution in [0.15, 0.2) is 36.5 Å². The number of ether oxygens (including phenoxy) is 1. The number of aromatic amines is 1. The fourth-order valence-corrected chi connectivity index (χ4v) is 2.47. The first kappa shape index (κ1) is 15.4. The number of nitrogen functional groups attached to an aromatic ring is 1. The predicted octanol–water partition coefficient (Wildman–Crippen LogP) is 1.81. The summed E-state index contributed by atoms with van der Waals surface area (Å²) in [6.45, 7) is 2.34. The average molecular weight is 290 g/mol. The third-order valence-corrected chi connectivity index (χ3v) is 3.49. The number of rotatable bonds is 7. The lowest BCUT2D eigenvalue weighted by Crippen LogP contribution is -2.30. The van der Waals surface area contributed by atoms with Gasteiger partial charge in [-0.15, -0.1) is 0 Å². The summed E-state index contributed by atoms with van der Waals surface area (Å²) in [4.78, 5) is 3.02. The Hall–Kier alpha value is -1.98. The first-order valence-corrected chi connectivity index (χ1v) is 7.07. The standard InChI is InChI=1S/C16H22N2O3/c1-2-21-14-6-5-13(17)10-12(14)11-16(20,7-9-19)15-4-3-8-18-15/h3-6,8,10,18-20H,2,7,9,11,17H2,1H3. The lowest BCUT2D eigenvalue weighted by atomic mass is 9.88. The van der Waals surface area contributed by atoms with Crippen molar-refractivity contribution in [3.63, 3.8) is 0 Å². The molecule has 0 aliphatic heterocycles. The third-order valence-electron chi connectivity index (χ3n) is 3.49. The maximum atomic E-state index is 10.9. The summed E-state index contributed by atoms with van der Waals surface area (Å²) in [6, 6.07) is 9.01. The van der Waals surface area contributed by atoms with Gasteiger partial charge < -0.3 is 25.7 Å². The number of H-pyrrole nitrogens is 1. The molecule has 5 heteroatoms. The molecule has 1 aromatic carbocycles. The SMILES string of the molecule is CCOc1ccc(N)cc1CC(O)(CCO)c1ccc[nH]1. The summed E-state index contributed by atoms with van der Waals surface area (Å²) in [5.74, 6) is 0.703. The molecule has 0 amide bonds. The molecule has 0 saturated carbocycles. The Balaban J connectivity index is 2.35. The zero-order valence-electron chi connectivity index (χ0n) is 12.2. The van der Waals surface area contributed by atoms with Crippen LogP contribution in [-0.4, -0.2) is 28.4 Å². The fraction of sp³-hybridized carbons (Fsp3) is 0.375. The highest BCUT2D eigenvalue weighted by Crippen LogP contribution is 2.32. The Morgan fingerprint density at radius 2 is 2.14 bits per heavy atom. The molecule has 21 heavy (non-hydrogen) atoms. The molecule has 1 aromatic heterocycles. The highest BCUT2D eigenvalue weighted by Gasteiger charge is 2.31. The molecule has 0 aliphatic carbocycles. The number of anilines is 1. The molecule has 0 radical (unpaired) electrons. The highest BCUT2D eigenvalue weighted by molar-refractivity contribution is 5.48. The molecular formula is C16H22N2O3. The fourth-order valence-electron chi connectivity index (χ4n) is 2.47. The maximum absolute atomic E-state index is 10.9. The van der Waals surface area contributed by atoms with Gasteiger partial charge in [-0.1, -0.05) is 0 Å². The van der Waals surface area contributed by atoms with Crippen molar-refractivity contribution in [3.8, 4) is 5.75 Å². The number of benzene rings is 1. The van der Waals surface area contributed by atoms with Crippen LogP contribution in [0, 0.1) is 0 Å². The molecule has 2 aromatic rings. The van der Waals surface area contributed by atoms with E-state index >= 15 is 0 Å². The normalized spacial score (nSPS) is 13.9. The van der Waals surface area contributed by atoms with Gasteiger partial charge >= 0.3 is 0 Å². The highest BCUT2D eigenvalue weighted by atomic mass is 16.5. The zero-order chi connectivity index (χ0) is 15.3. The Bertz CT molecular complexity index is 569. The molecular weight excluding hydrogens is 268 g/mol. The minimum atomic E-state index is -1.18. The molecule has 0 bridgehead atoms. The van der Waals surface area contributed by atoms with Gasteiger partial charge in [0.05, 0.1) is 6.61 Å². The van der Waals surface area contributed by atoms with E-state index in [1.54, 1.807) is 18.3 Å². The molecule has 5 N–H and O–H groups in total. The van der Waals surface area contributed by atoms with Gasteiger partial charge in [-0.2, -0.15) is 0 Å². The maximum Gasteiger partial charge on any atom is 0.122 e. The Labute approximate surface area is 124 Å². The molecule has 5 nitrogen and oxygen atoms in total. The van der Waals surface area contributed by atoms with E-state index in [9.17, 15) is 10.2 Å². The molecule has 0 saturated heterocycles. The molecule has 0 spiro atoms. The van der Waals surface area contributed by atoms with Crippen LogP contribution in [-0.2, 0) is 12.0 Å². The number of aliphatic hydroxyl groups excluding tert-OH is 1. The van der Waals surface area contributed by atoms with Crippen molar-refractivity contribution in [3.05, 3.63) is 47.8 Å². The molecule has 0 fully saturated rings. The zero-order valence-corrected chi connectivity index (χ0v) is 12.2. The van der Waals surface area contributed by atoms with Crippen molar-refractivity contribution in [1.29, 1.82) is 0 Å². The van der Waals surface area contributed by atoms with Gasteiger partial charge in [-0.3, -0.25) is 0 Å². The van der Waals surface area contributed by atoms with Crippen molar-refractivity contribution < 1.29 is 14.9 Å². The van der Waals surface area contributed by atoms with Gasteiger partial charge in [0.1, 0.15) is 11.4 Å². The van der Waals surface area contributed by atoms with Gasteiger partial charge in [0, 0.05) is 37.0 Å². The van der Waals surface area contributed by atoms with Crippen LogP contribution in [0.2, 0.25) is 0 Å². The summed E-state index contributed by atoms with van der Waals surface area (Å²) in [5.41, 5.74) is 6.76. The molecule has 1 unspecified atom stereocenters. The monoisotopic (exact) mass is 290 g/mol. The molecule has 1 atom stereocenters. The number of nitrogens with one attached hydrogen (secondary N) is 1. The quantitative estimate of drug-likeness (QED) is 0.585. The minimum Gasteiger partial charge on any atom is -0.494 e. The minimum absolute atomic E-state index is 0.109. The van der Waals surface area contributed by atoms with Crippen LogP contribution >= 0.6 is 0 Å². The first-order valence-electron chi connectivity index (χ1n) is 7.07. The number of hydrogen-bond donors (Lipinski definition) is 4. The average Bonchev–Trinajstić information content (AvgIpc) is 2.97. The van der Waals surface area contributed by atoms with Crippen molar-refractivity contribution in [2.45, 2.75) is 25.4 Å². The van der Waals surface area contributed by atoms with E-state index in [2.05, 4.69) is 4.98 Å². The lowest BCUT2D eigenvalue weighted by molar-refractivity contribution is 0.00765. The Morgan fingerprint density at radius 1 is 1.33 bits per heavy atom. The predicted molar refractivity (Wildman–Crippen MR) is 82.1 cm³/mol. The Kier molecular flexibility index (Phi) is 4.88. The van der Waals surface area contributed by atoms with Crippen LogP contribution < -0.4 is 10.5 Å². The number of aliphatic hydroxyl groups is 2. The van der Waals surface area contributed by atoms with Crippen molar-refractivity contribution in [1.82, 2.24) is 4.98 Å². The second-order valence-corrected chi connectivity index (χ2v) is 5.07. The third kappa shape index (κ3) is 3.56. The lowest BCUT2D eigenvalue weighted by Gasteiger charge is -2.27. The van der Waals surface area contributed by atoms with Crippen LogP contribution in [0.4, 0.5) is 5.69 Å². The van der Waals surface area contributed by atoms with Gasteiger partial charge in [-0.05, 0) is 42.8 Å². The summed E-state index contributed by atoms with van der Waals surface area (Å²) >= 11 is 0. The van der Waals surface area contributed by atoms with E-state index in [0.29, 0.717) is 30.2 Å². The second-order valence-electron chi connectivity index (χ2n) is 5.07. The van der Waals surface area contributed by atoms with Crippen LogP contribution in [0.3, 0.4) is 0 Å². The summed E-state index contributed by atoms with van der Waals surface area (Å²) in [5, 5.41) is 20.2. The van der Waals surface area contributed by atoms with E-state index in [1.165, 1.54) is 0 Å². The van der Waals surface area contributed by atoms with Gasteiger partial charge in [-0.25, -0.2) is 0 Å². The summed E-state index contributed by atoms with van der Waals surface area (Å²) in [7, 11) is 0. The summed E-state index contributed by atoms with van der Waals surface area (Å²) in [6.07, 6.45) is 2.29. The van der Waals surface area contributed by atoms with Gasteiger partial charge in [0.25, 0.3) is 0 Å². The van der Waals surface area contributed by atoms with Crippen LogP contribution in [0.25, 0.3) is 0 Å². The molecule has 2 rings (SSSR count). The van der Waals surface area contributed by atoms with Crippen molar-refractivity contribution in [2.75, 3.05) is 18.9 Å². The number of aromatic nitrogens is 1. The van der Waals surface area contributed by atoms with Gasteiger partial charge in [0.15, 0.2) is 0 Å². The number of hydrogen-bond acceptors (Lipinski definition) is 4. The molecule has 114 valence electrons. The van der Waals surface area contributed by atoms with E-state index in [1.807, 2.05) is 25.1 Å². The molecule has 1 heterocycles. The molecule has 0 aliphatic rings. The van der Waals surface area contributed by atoms with Crippen LogP contribution in [0.5, 0.6) is 5.75 Å². The second kappa shape index (κ2) is 6.65. The largest absolute Gasteiger partial charge is 0.494 e. The summed E-state index contributed by atoms with van der Waals surface area (Å²) < 4.78 is 5.59. The first-order chi connectivity index (χ1) is 10.1.